The molecule has 0 amide bonds. The van der Waals surface area contributed by atoms with Gasteiger partial charge in [0.05, 0.1) is 11.4 Å². The van der Waals surface area contributed by atoms with Crippen LogP contribution in [0.5, 0.6) is 5.75 Å². The summed E-state index contributed by atoms with van der Waals surface area (Å²) in [5, 5.41) is 0. The van der Waals surface area contributed by atoms with E-state index in [1.807, 2.05) is 60.3 Å². The van der Waals surface area contributed by atoms with Crippen molar-refractivity contribution < 1.29 is 4.74 Å². The number of nitrogens with two attached hydrogens (primary N) is 1. The van der Waals surface area contributed by atoms with Crippen molar-refractivity contribution >= 4 is 5.95 Å². The van der Waals surface area contributed by atoms with Crippen LogP contribution in [0.25, 0.3) is 5.69 Å². The van der Waals surface area contributed by atoms with Crippen molar-refractivity contribution in [1.82, 2.24) is 14.5 Å². The standard InChI is InChI=1S/C16H16N4O/c1-12(13-8-9-18-16(17)19-13)21-15-7-3-2-6-14(15)20-10-4-5-11-20/h2-12H,1H3,(H2,17,18,19)/t12-/m1/s1. The molecule has 2 N–H and O–H groups in total. The van der Waals surface area contributed by atoms with E-state index >= 15 is 0 Å². The molecule has 5 nitrogen and oxygen atoms in total. The summed E-state index contributed by atoms with van der Waals surface area (Å²) in [6.07, 6.45) is 5.38. The van der Waals surface area contributed by atoms with Crippen molar-refractivity contribution in [2.24, 2.45) is 0 Å². The number of para-hydroxylation sites is 2. The summed E-state index contributed by atoms with van der Waals surface area (Å²) in [6, 6.07) is 13.6. The number of nitrogens with zero attached hydrogens (tertiary/aromatic N) is 3. The van der Waals surface area contributed by atoms with Crippen LogP contribution in [0.3, 0.4) is 0 Å². The van der Waals surface area contributed by atoms with Gasteiger partial charge in [0.2, 0.25) is 5.95 Å². The van der Waals surface area contributed by atoms with Gasteiger partial charge in [-0.2, -0.15) is 0 Å². The van der Waals surface area contributed by atoms with Crippen LogP contribution in [-0.2, 0) is 0 Å². The second kappa shape index (κ2) is 5.66. The molecule has 2 heterocycles. The smallest absolute Gasteiger partial charge is 0.220 e. The molecular formula is C16H16N4O. The van der Waals surface area contributed by atoms with Gasteiger partial charge in [-0.05, 0) is 37.3 Å². The fraction of sp³-hybridized carbons (Fsp3) is 0.125. The van der Waals surface area contributed by atoms with Crippen LogP contribution in [0.1, 0.15) is 18.7 Å². The van der Waals surface area contributed by atoms with Crippen molar-refractivity contribution in [3.8, 4) is 11.4 Å². The number of aromatic nitrogens is 3. The zero-order valence-electron chi connectivity index (χ0n) is 11.7. The number of nitrogen functional groups attached to an aromatic ring is 1. The Hall–Kier alpha value is -2.82. The lowest BCUT2D eigenvalue weighted by Gasteiger charge is -2.17. The van der Waals surface area contributed by atoms with Gasteiger partial charge < -0.3 is 15.0 Å². The van der Waals surface area contributed by atoms with E-state index in [0.717, 1.165) is 17.1 Å². The first-order valence-corrected chi connectivity index (χ1v) is 6.71. The second-order valence-electron chi connectivity index (χ2n) is 4.66. The molecule has 0 bridgehead atoms. The first kappa shape index (κ1) is 13.2. The average molecular weight is 280 g/mol. The first-order valence-electron chi connectivity index (χ1n) is 6.71. The Labute approximate surface area is 123 Å². The van der Waals surface area contributed by atoms with Crippen molar-refractivity contribution in [1.29, 1.82) is 0 Å². The van der Waals surface area contributed by atoms with Crippen LogP contribution in [0.15, 0.2) is 61.1 Å². The molecule has 0 unspecified atom stereocenters. The number of ether oxygens (including phenoxy) is 1. The molecule has 21 heavy (non-hydrogen) atoms. The van der Waals surface area contributed by atoms with Crippen LogP contribution in [0.2, 0.25) is 0 Å². The van der Waals surface area contributed by atoms with Gasteiger partial charge in [-0.25, -0.2) is 9.97 Å². The lowest BCUT2D eigenvalue weighted by molar-refractivity contribution is 0.221. The molecule has 0 saturated heterocycles. The maximum atomic E-state index is 6.04. The summed E-state index contributed by atoms with van der Waals surface area (Å²) in [5.41, 5.74) is 7.35. The number of hydrogen-bond acceptors (Lipinski definition) is 4. The minimum atomic E-state index is -0.216. The fourth-order valence-electron chi connectivity index (χ4n) is 2.13. The van der Waals surface area contributed by atoms with Gasteiger partial charge in [0.25, 0.3) is 0 Å². The lowest BCUT2D eigenvalue weighted by atomic mass is 10.2. The van der Waals surface area contributed by atoms with Crippen LogP contribution in [0, 0.1) is 0 Å². The van der Waals surface area contributed by atoms with E-state index in [1.165, 1.54) is 0 Å². The summed E-state index contributed by atoms with van der Waals surface area (Å²) in [6.45, 7) is 1.94. The molecule has 5 heteroatoms. The third-order valence-electron chi connectivity index (χ3n) is 3.16. The average Bonchev–Trinajstić information content (AvgIpc) is 3.02. The molecule has 0 spiro atoms. The topological polar surface area (TPSA) is 66.0 Å². The molecular weight excluding hydrogens is 264 g/mol. The van der Waals surface area contributed by atoms with Gasteiger partial charge in [0, 0.05) is 18.6 Å². The Bertz CT molecular complexity index is 725. The molecule has 2 aromatic heterocycles. The number of rotatable bonds is 4. The van der Waals surface area contributed by atoms with Gasteiger partial charge >= 0.3 is 0 Å². The molecule has 0 aliphatic heterocycles. The van der Waals surface area contributed by atoms with Crippen LogP contribution < -0.4 is 10.5 Å². The van der Waals surface area contributed by atoms with E-state index in [0.29, 0.717) is 0 Å². The highest BCUT2D eigenvalue weighted by molar-refractivity contribution is 5.47. The Morgan fingerprint density at radius 1 is 1.10 bits per heavy atom. The van der Waals surface area contributed by atoms with E-state index in [9.17, 15) is 0 Å². The molecule has 106 valence electrons. The number of anilines is 1. The number of benzene rings is 1. The highest BCUT2D eigenvalue weighted by Gasteiger charge is 2.12. The molecule has 3 aromatic rings. The van der Waals surface area contributed by atoms with Crippen molar-refractivity contribution in [3.63, 3.8) is 0 Å². The largest absolute Gasteiger partial charge is 0.482 e. The van der Waals surface area contributed by atoms with Crippen LogP contribution in [-0.4, -0.2) is 14.5 Å². The maximum absolute atomic E-state index is 6.04. The van der Waals surface area contributed by atoms with Gasteiger partial charge in [0.1, 0.15) is 11.9 Å². The normalized spacial score (nSPS) is 12.0. The summed E-state index contributed by atoms with van der Waals surface area (Å²) < 4.78 is 8.05. The Kier molecular flexibility index (Phi) is 3.55. The maximum Gasteiger partial charge on any atom is 0.220 e. The Morgan fingerprint density at radius 2 is 1.86 bits per heavy atom. The third kappa shape index (κ3) is 2.86. The minimum Gasteiger partial charge on any atom is -0.482 e. The highest BCUT2D eigenvalue weighted by atomic mass is 16.5. The van der Waals surface area contributed by atoms with E-state index in [2.05, 4.69) is 9.97 Å². The Morgan fingerprint density at radius 3 is 2.62 bits per heavy atom. The van der Waals surface area contributed by atoms with Gasteiger partial charge in [0.15, 0.2) is 0 Å². The predicted octanol–water partition coefficient (Wildman–Crippen LogP) is 2.99. The van der Waals surface area contributed by atoms with E-state index < -0.39 is 0 Å². The Balaban J connectivity index is 1.88. The molecule has 1 atom stereocenters. The zero-order chi connectivity index (χ0) is 14.7. The van der Waals surface area contributed by atoms with E-state index in [-0.39, 0.29) is 12.1 Å². The summed E-state index contributed by atoms with van der Waals surface area (Å²) in [7, 11) is 0. The summed E-state index contributed by atoms with van der Waals surface area (Å²) >= 11 is 0. The van der Waals surface area contributed by atoms with Crippen LogP contribution in [0.4, 0.5) is 5.95 Å². The molecule has 0 aliphatic carbocycles. The summed E-state index contributed by atoms with van der Waals surface area (Å²) in [5.74, 6) is 1.04. The quantitative estimate of drug-likeness (QED) is 0.798. The lowest BCUT2D eigenvalue weighted by Crippen LogP contribution is -2.09. The molecule has 0 saturated carbocycles. The monoisotopic (exact) mass is 280 g/mol. The summed E-state index contributed by atoms with van der Waals surface area (Å²) in [4.78, 5) is 8.09. The molecule has 0 aliphatic rings. The van der Waals surface area contributed by atoms with Crippen molar-refractivity contribution in [2.75, 3.05) is 5.73 Å². The molecule has 3 rings (SSSR count). The van der Waals surface area contributed by atoms with E-state index in [1.54, 1.807) is 12.3 Å². The molecule has 1 aromatic carbocycles. The van der Waals surface area contributed by atoms with Gasteiger partial charge in [-0.1, -0.05) is 12.1 Å². The molecule has 0 fully saturated rings. The van der Waals surface area contributed by atoms with Crippen LogP contribution >= 0.6 is 0 Å². The predicted molar refractivity (Wildman–Crippen MR) is 81.3 cm³/mol. The van der Waals surface area contributed by atoms with Gasteiger partial charge in [-0.3, -0.25) is 0 Å². The van der Waals surface area contributed by atoms with Crippen molar-refractivity contribution in [3.05, 3.63) is 66.7 Å². The minimum absolute atomic E-state index is 0.216. The molecule has 0 radical (unpaired) electrons. The fourth-order valence-corrected chi connectivity index (χ4v) is 2.13. The zero-order valence-corrected chi connectivity index (χ0v) is 11.7. The van der Waals surface area contributed by atoms with Gasteiger partial charge in [-0.15, -0.1) is 0 Å². The van der Waals surface area contributed by atoms with Crippen molar-refractivity contribution in [2.45, 2.75) is 13.0 Å². The first-order chi connectivity index (χ1) is 10.2. The number of hydrogen-bond donors (Lipinski definition) is 1. The third-order valence-corrected chi connectivity index (χ3v) is 3.16. The highest BCUT2D eigenvalue weighted by Crippen LogP contribution is 2.27. The second-order valence-corrected chi connectivity index (χ2v) is 4.66. The van der Waals surface area contributed by atoms with E-state index in [4.69, 9.17) is 10.5 Å². The SMILES string of the molecule is C[C@@H](Oc1ccccc1-n1cccc1)c1ccnc(N)n1.